The fraction of sp³-hybridized carbons (Fsp3) is 0. The van der Waals surface area contributed by atoms with Gasteiger partial charge in [-0.2, -0.15) is 0 Å². The van der Waals surface area contributed by atoms with Crippen LogP contribution in [-0.4, -0.2) is 6.98 Å². The molecule has 0 radical (unpaired) electrons. The predicted molar refractivity (Wildman–Crippen MR) is 65.5 cm³/mol. The number of para-hydroxylation sites is 2. The Balaban J connectivity index is 1.91. The third-order valence-corrected chi connectivity index (χ3v) is 2.66. The van der Waals surface area contributed by atoms with Crippen molar-refractivity contribution in [2.75, 3.05) is 10.5 Å². The predicted octanol–water partition coefficient (Wildman–Crippen LogP) is 1.92. The molecule has 3 rings (SSSR count). The first kappa shape index (κ1) is 8.42. The highest BCUT2D eigenvalue weighted by atomic mass is 15.0. The van der Waals surface area contributed by atoms with E-state index in [0.29, 0.717) is 0 Å². The normalized spacial score (nSPS) is 12.9. The van der Waals surface area contributed by atoms with E-state index in [1.807, 2.05) is 18.2 Å². The second kappa shape index (κ2) is 3.35. The van der Waals surface area contributed by atoms with Gasteiger partial charge in [-0.25, -0.2) is 0 Å². The maximum atomic E-state index is 3.44. The highest BCUT2D eigenvalue weighted by Gasteiger charge is 2.25. The number of fused-ring (bicyclic) bond motifs is 1. The van der Waals surface area contributed by atoms with E-state index in [1.54, 1.807) is 0 Å². The van der Waals surface area contributed by atoms with E-state index >= 15 is 0 Å². The number of benzene rings is 2. The highest BCUT2D eigenvalue weighted by molar-refractivity contribution is 6.80. The minimum Gasteiger partial charge on any atom is -0.404 e. The molecule has 0 bridgehead atoms. The van der Waals surface area contributed by atoms with Gasteiger partial charge < -0.3 is 10.5 Å². The Morgan fingerprint density at radius 1 is 0.667 bits per heavy atom. The third-order valence-electron chi connectivity index (χ3n) is 2.66. The Bertz CT molecular complexity index is 445. The summed E-state index contributed by atoms with van der Waals surface area (Å²) in [4.78, 5) is 0. The summed E-state index contributed by atoms with van der Waals surface area (Å²) in [7, 11) is 0. The Morgan fingerprint density at radius 3 is 1.80 bits per heavy atom. The number of hydrogen-bond acceptors (Lipinski definition) is 2. The highest BCUT2D eigenvalue weighted by Crippen LogP contribution is 2.26. The number of hydrogen-bond donors (Lipinski definition) is 2. The summed E-state index contributed by atoms with van der Waals surface area (Å²) < 4.78 is 0. The van der Waals surface area contributed by atoms with Crippen LogP contribution in [0.25, 0.3) is 0 Å². The molecule has 0 fully saturated rings. The summed E-state index contributed by atoms with van der Waals surface area (Å²) in [5, 5.41) is 6.88. The van der Waals surface area contributed by atoms with Crippen LogP contribution in [0.1, 0.15) is 0 Å². The molecule has 1 aliphatic rings. The van der Waals surface area contributed by atoms with Crippen LogP contribution < -0.4 is 15.9 Å². The molecular weight excluding hydrogens is 183 g/mol. The Labute approximate surface area is 89.5 Å². The third kappa shape index (κ3) is 1.46. The van der Waals surface area contributed by atoms with Gasteiger partial charge in [0.1, 0.15) is 0 Å². The van der Waals surface area contributed by atoms with Gasteiger partial charge in [0.2, 0.25) is 0 Å². The van der Waals surface area contributed by atoms with E-state index in [-0.39, 0.29) is 6.98 Å². The Morgan fingerprint density at radius 2 is 1.20 bits per heavy atom. The minimum absolute atomic E-state index is 0.198. The molecular formula is C12H11BN2. The van der Waals surface area contributed by atoms with Gasteiger partial charge in [0.05, 0.1) is 0 Å². The fourth-order valence-electron chi connectivity index (χ4n) is 1.89. The summed E-state index contributed by atoms with van der Waals surface area (Å²) >= 11 is 0. The lowest BCUT2D eigenvalue weighted by atomic mass is 9.69. The largest absolute Gasteiger partial charge is 0.406 e. The molecule has 0 aliphatic carbocycles. The zero-order valence-corrected chi connectivity index (χ0v) is 8.27. The monoisotopic (exact) mass is 194 g/mol. The zero-order chi connectivity index (χ0) is 10.1. The molecule has 0 atom stereocenters. The summed E-state index contributed by atoms with van der Waals surface area (Å²) in [5.74, 6) is 0. The van der Waals surface area contributed by atoms with Gasteiger partial charge in [0, 0.05) is 11.4 Å². The van der Waals surface area contributed by atoms with Crippen molar-refractivity contribution in [2.45, 2.75) is 0 Å². The van der Waals surface area contributed by atoms with Gasteiger partial charge in [-0.3, -0.25) is 0 Å². The lowest BCUT2D eigenvalue weighted by molar-refractivity contribution is 1.70. The van der Waals surface area contributed by atoms with Crippen LogP contribution in [0.3, 0.4) is 0 Å². The molecule has 3 heteroatoms. The topological polar surface area (TPSA) is 24.1 Å². The average molecular weight is 194 g/mol. The number of nitrogens with one attached hydrogen (secondary N) is 2. The van der Waals surface area contributed by atoms with Crippen molar-refractivity contribution in [1.29, 1.82) is 0 Å². The van der Waals surface area contributed by atoms with Crippen LogP contribution in [0.4, 0.5) is 11.4 Å². The van der Waals surface area contributed by atoms with Crippen LogP contribution in [0, 0.1) is 0 Å². The molecule has 0 saturated carbocycles. The second-order valence-electron chi connectivity index (χ2n) is 3.68. The first-order valence-corrected chi connectivity index (χ1v) is 5.10. The van der Waals surface area contributed by atoms with Crippen molar-refractivity contribution in [3.05, 3.63) is 54.6 Å². The molecule has 2 nitrogen and oxygen atoms in total. The standard InChI is InChI=1S/C12H11BN2/c1-2-6-10(7-3-1)13-14-11-8-4-5-9-12(11)15-13/h1-9,14-15H. The average Bonchev–Trinajstić information content (AvgIpc) is 2.74. The molecule has 0 spiro atoms. The first-order chi connectivity index (χ1) is 7.43. The molecule has 72 valence electrons. The van der Waals surface area contributed by atoms with E-state index < -0.39 is 0 Å². The Kier molecular flexibility index (Phi) is 1.88. The van der Waals surface area contributed by atoms with Crippen LogP contribution in [0.15, 0.2) is 54.6 Å². The van der Waals surface area contributed by atoms with Crippen LogP contribution >= 0.6 is 0 Å². The fourth-order valence-corrected chi connectivity index (χ4v) is 1.89. The minimum atomic E-state index is 0.198. The van der Waals surface area contributed by atoms with Crippen LogP contribution in [0.2, 0.25) is 0 Å². The lowest BCUT2D eigenvalue weighted by Gasteiger charge is -2.06. The van der Waals surface area contributed by atoms with Crippen LogP contribution in [-0.2, 0) is 0 Å². The molecule has 2 aromatic rings. The van der Waals surface area contributed by atoms with E-state index in [9.17, 15) is 0 Å². The van der Waals surface area contributed by atoms with E-state index in [2.05, 4.69) is 46.9 Å². The second-order valence-corrected chi connectivity index (χ2v) is 3.68. The molecule has 0 saturated heterocycles. The number of rotatable bonds is 1. The summed E-state index contributed by atoms with van der Waals surface area (Å²) in [6.45, 7) is 0.198. The van der Waals surface area contributed by atoms with Gasteiger partial charge >= 0.3 is 6.98 Å². The summed E-state index contributed by atoms with van der Waals surface area (Å²) in [5.41, 5.74) is 3.60. The molecule has 0 aromatic heterocycles. The van der Waals surface area contributed by atoms with Crippen molar-refractivity contribution in [3.8, 4) is 0 Å². The molecule has 1 aliphatic heterocycles. The SMILES string of the molecule is c1ccc(B2Nc3ccccc3N2)cc1. The smallest absolute Gasteiger partial charge is 0.404 e. The van der Waals surface area contributed by atoms with E-state index in [0.717, 1.165) is 0 Å². The van der Waals surface area contributed by atoms with E-state index in [1.165, 1.54) is 16.8 Å². The molecule has 2 N–H and O–H groups in total. The van der Waals surface area contributed by atoms with Crippen molar-refractivity contribution < 1.29 is 0 Å². The van der Waals surface area contributed by atoms with Crippen LogP contribution in [0.5, 0.6) is 0 Å². The molecule has 1 heterocycles. The lowest BCUT2D eigenvalue weighted by Crippen LogP contribution is -2.41. The van der Waals surface area contributed by atoms with Gasteiger partial charge in [0.25, 0.3) is 0 Å². The maximum absolute atomic E-state index is 3.44. The van der Waals surface area contributed by atoms with Gasteiger partial charge in [0.15, 0.2) is 0 Å². The van der Waals surface area contributed by atoms with Gasteiger partial charge in [-0.1, -0.05) is 42.5 Å². The molecule has 0 amide bonds. The van der Waals surface area contributed by atoms with Crippen molar-refractivity contribution >= 4 is 23.8 Å². The van der Waals surface area contributed by atoms with E-state index in [4.69, 9.17) is 0 Å². The van der Waals surface area contributed by atoms with Gasteiger partial charge in [-0.05, 0) is 17.6 Å². The molecule has 0 unspecified atom stereocenters. The maximum Gasteiger partial charge on any atom is 0.406 e. The first-order valence-electron chi connectivity index (χ1n) is 5.10. The zero-order valence-electron chi connectivity index (χ0n) is 8.27. The molecule has 15 heavy (non-hydrogen) atoms. The summed E-state index contributed by atoms with van der Waals surface area (Å²) in [6.07, 6.45) is 0. The van der Waals surface area contributed by atoms with Crippen molar-refractivity contribution in [3.63, 3.8) is 0 Å². The molecule has 2 aromatic carbocycles. The number of anilines is 2. The summed E-state index contributed by atoms with van der Waals surface area (Å²) in [6, 6.07) is 18.7. The van der Waals surface area contributed by atoms with Gasteiger partial charge in [-0.15, -0.1) is 0 Å². The van der Waals surface area contributed by atoms with Crippen molar-refractivity contribution in [1.82, 2.24) is 0 Å². The van der Waals surface area contributed by atoms with Crippen molar-refractivity contribution in [2.24, 2.45) is 0 Å². The quantitative estimate of drug-likeness (QED) is 0.677. The Hall–Kier alpha value is -1.90.